The normalized spacial score (nSPS) is 10.2. The van der Waals surface area contributed by atoms with Gasteiger partial charge in [0.25, 0.3) is 5.91 Å². The van der Waals surface area contributed by atoms with Crippen LogP contribution in [-0.4, -0.2) is 26.2 Å². The van der Waals surface area contributed by atoms with Gasteiger partial charge >= 0.3 is 0 Å². The van der Waals surface area contributed by atoms with Gasteiger partial charge in [-0.05, 0) is 6.92 Å². The van der Waals surface area contributed by atoms with E-state index in [1.54, 1.807) is 6.92 Å². The van der Waals surface area contributed by atoms with E-state index in [0.29, 0.717) is 17.3 Å². The zero-order valence-corrected chi connectivity index (χ0v) is 8.02. The minimum atomic E-state index is -0.236. The molecule has 0 aromatic carbocycles. The summed E-state index contributed by atoms with van der Waals surface area (Å²) < 4.78 is 4.83. The van der Waals surface area contributed by atoms with Gasteiger partial charge in [0.1, 0.15) is 0 Å². The lowest BCUT2D eigenvalue weighted by Crippen LogP contribution is -2.22. The Morgan fingerprint density at radius 3 is 3.13 bits per heavy atom. The van der Waals surface area contributed by atoms with Crippen LogP contribution in [0.3, 0.4) is 0 Å². The van der Waals surface area contributed by atoms with Gasteiger partial charge in [-0.2, -0.15) is 10.1 Å². The van der Waals surface area contributed by atoms with Crippen LogP contribution in [0.25, 0.3) is 0 Å². The number of aryl methyl sites for hydroxylation is 1. The molecule has 2 N–H and O–H groups in total. The molecule has 2 rings (SSSR count). The molecule has 0 spiro atoms. The average molecular weight is 207 g/mol. The molecule has 15 heavy (non-hydrogen) atoms. The Morgan fingerprint density at radius 1 is 1.67 bits per heavy atom. The maximum absolute atomic E-state index is 11.4. The number of hydrogen-bond donors (Lipinski definition) is 2. The second-order valence-corrected chi connectivity index (χ2v) is 2.90. The van der Waals surface area contributed by atoms with Crippen molar-refractivity contribution in [1.29, 1.82) is 0 Å². The van der Waals surface area contributed by atoms with E-state index in [1.165, 1.54) is 12.4 Å². The maximum atomic E-state index is 11.4. The van der Waals surface area contributed by atoms with E-state index in [4.69, 9.17) is 4.52 Å². The largest absolute Gasteiger partial charge is 0.343 e. The fourth-order valence-electron chi connectivity index (χ4n) is 1.04. The molecule has 7 heteroatoms. The fourth-order valence-corrected chi connectivity index (χ4v) is 1.04. The van der Waals surface area contributed by atoms with Gasteiger partial charge in [-0.3, -0.25) is 9.89 Å². The number of nitrogens with zero attached hydrogens (tertiary/aromatic N) is 3. The van der Waals surface area contributed by atoms with Crippen LogP contribution in [0.4, 0.5) is 0 Å². The molecule has 0 atom stereocenters. The summed E-state index contributed by atoms with van der Waals surface area (Å²) in [5, 5.41) is 12.4. The van der Waals surface area contributed by atoms with E-state index in [-0.39, 0.29) is 12.5 Å². The van der Waals surface area contributed by atoms with Crippen LogP contribution in [0.5, 0.6) is 0 Å². The van der Waals surface area contributed by atoms with Crippen LogP contribution < -0.4 is 5.32 Å². The standard InChI is InChI=1S/C8H9N5O2/c1-5-12-7(15-13-5)4-9-8(14)6-2-10-11-3-6/h2-3H,4H2,1H3,(H,9,14)(H,10,11). The van der Waals surface area contributed by atoms with Crippen molar-refractivity contribution in [2.24, 2.45) is 0 Å². The molecular weight excluding hydrogens is 198 g/mol. The third-order valence-corrected chi connectivity index (χ3v) is 1.73. The molecule has 0 unspecified atom stereocenters. The summed E-state index contributed by atoms with van der Waals surface area (Å²) in [7, 11) is 0. The lowest BCUT2D eigenvalue weighted by molar-refractivity contribution is 0.0946. The summed E-state index contributed by atoms with van der Waals surface area (Å²) in [5.74, 6) is 0.687. The van der Waals surface area contributed by atoms with Crippen molar-refractivity contribution in [2.75, 3.05) is 0 Å². The topological polar surface area (TPSA) is 96.7 Å². The van der Waals surface area contributed by atoms with Crippen molar-refractivity contribution in [3.63, 3.8) is 0 Å². The number of nitrogens with one attached hydrogen (secondary N) is 2. The first-order chi connectivity index (χ1) is 7.25. The van der Waals surface area contributed by atoms with Gasteiger partial charge in [-0.15, -0.1) is 0 Å². The molecule has 0 fully saturated rings. The number of aromatic nitrogens is 4. The summed E-state index contributed by atoms with van der Waals surface area (Å²) in [6.45, 7) is 1.93. The molecule has 2 aromatic rings. The van der Waals surface area contributed by atoms with Gasteiger partial charge in [-0.25, -0.2) is 0 Å². The third-order valence-electron chi connectivity index (χ3n) is 1.73. The van der Waals surface area contributed by atoms with Gasteiger partial charge in [-0.1, -0.05) is 5.16 Å². The Hall–Kier alpha value is -2.18. The van der Waals surface area contributed by atoms with Crippen molar-refractivity contribution in [1.82, 2.24) is 25.7 Å². The number of aromatic amines is 1. The van der Waals surface area contributed by atoms with E-state index in [0.717, 1.165) is 0 Å². The second kappa shape index (κ2) is 3.91. The van der Waals surface area contributed by atoms with Crippen molar-refractivity contribution < 1.29 is 9.32 Å². The molecule has 7 nitrogen and oxygen atoms in total. The van der Waals surface area contributed by atoms with Crippen LogP contribution in [0, 0.1) is 6.92 Å². The van der Waals surface area contributed by atoms with Gasteiger partial charge in [0.05, 0.1) is 18.3 Å². The van der Waals surface area contributed by atoms with E-state index < -0.39 is 0 Å². The van der Waals surface area contributed by atoms with Crippen LogP contribution >= 0.6 is 0 Å². The lowest BCUT2D eigenvalue weighted by Gasteiger charge is -1.97. The Labute approximate surface area is 84.9 Å². The molecule has 0 bridgehead atoms. The monoisotopic (exact) mass is 207 g/mol. The zero-order valence-electron chi connectivity index (χ0n) is 8.02. The highest BCUT2D eigenvalue weighted by Crippen LogP contribution is 1.97. The fraction of sp³-hybridized carbons (Fsp3) is 0.250. The SMILES string of the molecule is Cc1noc(CNC(=O)c2cn[nH]c2)n1. The quantitative estimate of drug-likeness (QED) is 0.740. The second-order valence-electron chi connectivity index (χ2n) is 2.90. The van der Waals surface area contributed by atoms with Crippen LogP contribution in [0.2, 0.25) is 0 Å². The first-order valence-electron chi connectivity index (χ1n) is 4.32. The van der Waals surface area contributed by atoms with E-state index in [9.17, 15) is 4.79 Å². The van der Waals surface area contributed by atoms with Gasteiger partial charge in [0.15, 0.2) is 5.82 Å². The Morgan fingerprint density at radius 2 is 2.53 bits per heavy atom. The Bertz CT molecular complexity index is 447. The van der Waals surface area contributed by atoms with Crippen LogP contribution in [0.15, 0.2) is 16.9 Å². The Kier molecular flexibility index (Phi) is 2.44. The molecule has 0 saturated carbocycles. The number of rotatable bonds is 3. The van der Waals surface area contributed by atoms with Gasteiger partial charge in [0.2, 0.25) is 5.89 Å². The molecule has 0 aliphatic heterocycles. The molecular formula is C8H9N5O2. The summed E-state index contributed by atoms with van der Waals surface area (Å²) in [6.07, 6.45) is 2.95. The van der Waals surface area contributed by atoms with Gasteiger partial charge < -0.3 is 9.84 Å². The first kappa shape index (κ1) is 9.38. The molecule has 78 valence electrons. The molecule has 0 saturated heterocycles. The van der Waals surface area contributed by atoms with E-state index in [1.807, 2.05) is 0 Å². The molecule has 2 heterocycles. The van der Waals surface area contributed by atoms with Gasteiger partial charge in [0, 0.05) is 6.20 Å². The predicted octanol–water partition coefficient (Wildman–Crippen LogP) is 0.0311. The number of carbonyl (C=O) groups is 1. The van der Waals surface area contributed by atoms with Crippen molar-refractivity contribution >= 4 is 5.91 Å². The lowest BCUT2D eigenvalue weighted by atomic mass is 10.3. The Balaban J connectivity index is 1.91. The average Bonchev–Trinajstić information content (AvgIpc) is 2.84. The van der Waals surface area contributed by atoms with Crippen LogP contribution in [-0.2, 0) is 6.54 Å². The maximum Gasteiger partial charge on any atom is 0.254 e. The minimum absolute atomic E-state index is 0.213. The molecule has 1 amide bonds. The van der Waals surface area contributed by atoms with Crippen molar-refractivity contribution in [3.05, 3.63) is 29.7 Å². The number of H-pyrrole nitrogens is 1. The summed E-state index contributed by atoms with van der Waals surface area (Å²) in [4.78, 5) is 15.4. The smallest absolute Gasteiger partial charge is 0.254 e. The third kappa shape index (κ3) is 2.19. The summed E-state index contributed by atoms with van der Waals surface area (Å²) in [5.41, 5.74) is 0.464. The van der Waals surface area contributed by atoms with E-state index >= 15 is 0 Å². The van der Waals surface area contributed by atoms with Crippen molar-refractivity contribution in [3.8, 4) is 0 Å². The summed E-state index contributed by atoms with van der Waals surface area (Å²) >= 11 is 0. The number of carbonyl (C=O) groups excluding carboxylic acids is 1. The molecule has 0 aliphatic carbocycles. The van der Waals surface area contributed by atoms with Crippen molar-refractivity contribution in [2.45, 2.75) is 13.5 Å². The minimum Gasteiger partial charge on any atom is -0.343 e. The van der Waals surface area contributed by atoms with Crippen LogP contribution in [0.1, 0.15) is 22.1 Å². The highest BCUT2D eigenvalue weighted by molar-refractivity contribution is 5.93. The number of hydrogen-bond acceptors (Lipinski definition) is 5. The molecule has 0 aliphatic rings. The predicted molar refractivity (Wildman–Crippen MR) is 48.8 cm³/mol. The summed E-state index contributed by atoms with van der Waals surface area (Å²) in [6, 6.07) is 0. The van der Waals surface area contributed by atoms with E-state index in [2.05, 4.69) is 25.7 Å². The molecule has 0 radical (unpaired) electrons. The highest BCUT2D eigenvalue weighted by Gasteiger charge is 2.08. The number of amides is 1. The highest BCUT2D eigenvalue weighted by atomic mass is 16.5. The zero-order chi connectivity index (χ0) is 10.7. The molecule has 2 aromatic heterocycles. The first-order valence-corrected chi connectivity index (χ1v) is 4.32.